The molecule has 1 aliphatic rings. The number of urea groups is 1. The van der Waals surface area contributed by atoms with Crippen LogP contribution in [-0.2, 0) is 17.8 Å². The van der Waals surface area contributed by atoms with Gasteiger partial charge >= 0.3 is 6.03 Å². The summed E-state index contributed by atoms with van der Waals surface area (Å²) in [5.41, 5.74) is 5.73. The highest BCUT2D eigenvalue weighted by Gasteiger charge is 2.34. The van der Waals surface area contributed by atoms with Crippen molar-refractivity contribution in [1.29, 1.82) is 0 Å². The molecule has 2 heterocycles. The van der Waals surface area contributed by atoms with Gasteiger partial charge in [-0.1, -0.05) is 28.9 Å². The largest absolute Gasteiger partial charge is 0.388 e. The van der Waals surface area contributed by atoms with Gasteiger partial charge < -0.3 is 20.5 Å². The molecule has 0 aliphatic carbocycles. The van der Waals surface area contributed by atoms with Crippen LogP contribution >= 0.6 is 11.6 Å². The Hall–Kier alpha value is -2.95. The Balaban J connectivity index is 1.71. The second kappa shape index (κ2) is 7.97. The summed E-state index contributed by atoms with van der Waals surface area (Å²) in [5.74, 6) is -0.514. The monoisotopic (exact) mass is 407 g/mol. The van der Waals surface area contributed by atoms with Gasteiger partial charge in [0.25, 0.3) is 5.91 Å². The highest BCUT2D eigenvalue weighted by atomic mass is 35.5. The van der Waals surface area contributed by atoms with Gasteiger partial charge in [-0.25, -0.2) is 4.79 Å². The van der Waals surface area contributed by atoms with Crippen molar-refractivity contribution in [3.8, 4) is 0 Å². The van der Waals surface area contributed by atoms with Crippen LogP contribution in [0, 0.1) is 0 Å². The lowest BCUT2D eigenvalue weighted by atomic mass is 10.1. The number of amides is 3. The molecule has 0 saturated heterocycles. The Morgan fingerprint density at radius 1 is 1.39 bits per heavy atom. The second-order valence-corrected chi connectivity index (χ2v) is 6.66. The molecule has 2 atom stereocenters. The summed E-state index contributed by atoms with van der Waals surface area (Å²) in [4.78, 5) is 29.9. The lowest BCUT2D eigenvalue weighted by molar-refractivity contribution is -0.116. The number of carbonyl (C=O) groups is 2. The minimum Gasteiger partial charge on any atom is -0.388 e. The SMILES string of the molecule is CN1C(=O)N(Cc2nc(C[C@H](O)c3ccc(Cl)cc3)no2)C=C(C(N)=O)C1O. The molecule has 0 spiro atoms. The molecular weight excluding hydrogens is 390 g/mol. The molecule has 1 aromatic heterocycles. The lowest BCUT2D eigenvalue weighted by Gasteiger charge is -2.34. The van der Waals surface area contributed by atoms with Crippen LogP contribution in [0.4, 0.5) is 4.79 Å². The number of hydrogen-bond acceptors (Lipinski definition) is 7. The number of aromatic nitrogens is 2. The summed E-state index contributed by atoms with van der Waals surface area (Å²) < 4.78 is 5.12. The predicted molar refractivity (Wildman–Crippen MR) is 96.4 cm³/mol. The first-order valence-corrected chi connectivity index (χ1v) is 8.62. The normalized spacial score (nSPS) is 18.2. The first-order chi connectivity index (χ1) is 13.3. The zero-order valence-electron chi connectivity index (χ0n) is 14.8. The highest BCUT2D eigenvalue weighted by Crippen LogP contribution is 2.21. The number of carbonyl (C=O) groups excluding carboxylic acids is 2. The number of nitrogens with zero attached hydrogens (tertiary/aromatic N) is 4. The summed E-state index contributed by atoms with van der Waals surface area (Å²) in [6, 6.07) is 6.14. The summed E-state index contributed by atoms with van der Waals surface area (Å²) in [7, 11) is 1.33. The molecule has 2 aromatic rings. The smallest absolute Gasteiger partial charge is 0.326 e. The van der Waals surface area contributed by atoms with Crippen LogP contribution in [0.3, 0.4) is 0 Å². The number of benzene rings is 1. The highest BCUT2D eigenvalue weighted by molar-refractivity contribution is 6.30. The minimum absolute atomic E-state index is 0.0940. The summed E-state index contributed by atoms with van der Waals surface area (Å²) in [6.07, 6.45) is -1.03. The fraction of sp³-hybridized carbons (Fsp3) is 0.294. The number of nitrogens with two attached hydrogens (primary N) is 1. The zero-order chi connectivity index (χ0) is 20.4. The van der Waals surface area contributed by atoms with Crippen LogP contribution in [0.25, 0.3) is 0 Å². The second-order valence-electron chi connectivity index (χ2n) is 6.22. The molecule has 1 aromatic carbocycles. The molecule has 0 radical (unpaired) electrons. The van der Waals surface area contributed by atoms with E-state index in [-0.39, 0.29) is 30.3 Å². The number of hydrogen-bond donors (Lipinski definition) is 3. The number of primary amides is 1. The quantitative estimate of drug-likeness (QED) is 0.633. The summed E-state index contributed by atoms with van der Waals surface area (Å²) >= 11 is 5.83. The van der Waals surface area contributed by atoms with Crippen molar-refractivity contribution in [2.24, 2.45) is 5.73 Å². The van der Waals surface area contributed by atoms with Crippen LogP contribution in [0.1, 0.15) is 23.4 Å². The molecule has 3 rings (SSSR count). The average molecular weight is 408 g/mol. The first-order valence-electron chi connectivity index (χ1n) is 8.24. The third-order valence-corrected chi connectivity index (χ3v) is 4.47. The fourth-order valence-electron chi connectivity index (χ4n) is 2.67. The molecule has 4 N–H and O–H groups in total. The van der Waals surface area contributed by atoms with Crippen molar-refractivity contribution in [3.05, 3.63) is 58.3 Å². The van der Waals surface area contributed by atoms with Gasteiger partial charge in [0.2, 0.25) is 5.89 Å². The van der Waals surface area contributed by atoms with Gasteiger partial charge in [-0.15, -0.1) is 0 Å². The molecule has 10 nitrogen and oxygen atoms in total. The van der Waals surface area contributed by atoms with Gasteiger partial charge in [0.1, 0.15) is 6.54 Å². The topological polar surface area (TPSA) is 146 Å². The average Bonchev–Trinajstić information content (AvgIpc) is 3.09. The van der Waals surface area contributed by atoms with Gasteiger partial charge in [0, 0.05) is 24.7 Å². The van der Waals surface area contributed by atoms with Crippen molar-refractivity contribution in [2.45, 2.75) is 25.3 Å². The third kappa shape index (κ3) is 4.14. The number of aliphatic hydroxyl groups is 2. The molecule has 148 valence electrons. The van der Waals surface area contributed by atoms with E-state index in [2.05, 4.69) is 10.1 Å². The van der Waals surface area contributed by atoms with Crippen molar-refractivity contribution in [3.63, 3.8) is 0 Å². The molecular formula is C17H18ClN5O5. The maximum atomic E-state index is 12.3. The Labute approximate surface area is 164 Å². The Bertz CT molecular complexity index is 913. The van der Waals surface area contributed by atoms with E-state index in [1.807, 2.05) is 0 Å². The van der Waals surface area contributed by atoms with E-state index in [0.29, 0.717) is 10.6 Å². The van der Waals surface area contributed by atoms with E-state index >= 15 is 0 Å². The molecule has 28 heavy (non-hydrogen) atoms. The Morgan fingerprint density at radius 2 is 2.07 bits per heavy atom. The van der Waals surface area contributed by atoms with E-state index in [4.69, 9.17) is 21.9 Å². The van der Waals surface area contributed by atoms with Crippen LogP contribution in [-0.4, -0.2) is 55.4 Å². The molecule has 1 unspecified atom stereocenters. The van der Waals surface area contributed by atoms with Gasteiger partial charge in [-0.05, 0) is 17.7 Å². The predicted octanol–water partition coefficient (Wildman–Crippen LogP) is 0.554. The van der Waals surface area contributed by atoms with Crippen molar-refractivity contribution in [2.75, 3.05) is 7.05 Å². The maximum Gasteiger partial charge on any atom is 0.326 e. The van der Waals surface area contributed by atoms with E-state index in [9.17, 15) is 19.8 Å². The molecule has 1 aliphatic heterocycles. The molecule has 0 saturated carbocycles. The number of aliphatic hydroxyl groups excluding tert-OH is 2. The Kier molecular flexibility index (Phi) is 5.63. The lowest BCUT2D eigenvalue weighted by Crippen LogP contribution is -2.51. The standard InChI is InChI=1S/C17H18ClN5O5/c1-22-16(26)11(15(19)25)7-23(17(22)27)8-14-20-13(21-28-14)6-12(24)9-2-4-10(18)5-3-9/h2-5,7,12,16,24,26H,6,8H2,1H3,(H2,19,25)/t12-,16?/m0/s1. The van der Waals surface area contributed by atoms with E-state index < -0.39 is 24.3 Å². The Morgan fingerprint density at radius 3 is 2.71 bits per heavy atom. The van der Waals surface area contributed by atoms with E-state index in [1.54, 1.807) is 24.3 Å². The van der Waals surface area contributed by atoms with Crippen molar-refractivity contribution >= 4 is 23.5 Å². The van der Waals surface area contributed by atoms with Crippen molar-refractivity contribution in [1.82, 2.24) is 19.9 Å². The van der Waals surface area contributed by atoms with Crippen LogP contribution in [0.15, 0.2) is 40.6 Å². The fourth-order valence-corrected chi connectivity index (χ4v) is 2.79. The minimum atomic E-state index is -1.42. The van der Waals surface area contributed by atoms with Gasteiger partial charge in [-0.3, -0.25) is 14.6 Å². The summed E-state index contributed by atoms with van der Waals surface area (Å²) in [5, 5.41) is 24.5. The number of rotatable bonds is 6. The number of halogens is 1. The zero-order valence-corrected chi connectivity index (χ0v) is 15.6. The molecule has 0 fully saturated rings. The van der Waals surface area contributed by atoms with Gasteiger partial charge in [-0.2, -0.15) is 4.98 Å². The number of likely N-dealkylation sites (N-methyl/N-ethyl adjacent to an activating group) is 1. The first kappa shape index (κ1) is 19.8. The summed E-state index contributed by atoms with van der Waals surface area (Å²) in [6.45, 7) is -0.128. The molecule has 0 bridgehead atoms. The van der Waals surface area contributed by atoms with Crippen LogP contribution in [0.2, 0.25) is 5.02 Å². The van der Waals surface area contributed by atoms with Crippen LogP contribution in [0.5, 0.6) is 0 Å². The molecule has 3 amide bonds. The van der Waals surface area contributed by atoms with Crippen molar-refractivity contribution < 1.29 is 24.3 Å². The van der Waals surface area contributed by atoms with E-state index in [0.717, 1.165) is 16.0 Å². The van der Waals surface area contributed by atoms with Crippen LogP contribution < -0.4 is 5.73 Å². The maximum absolute atomic E-state index is 12.3. The molecule has 11 heteroatoms. The third-order valence-electron chi connectivity index (χ3n) is 4.22. The van der Waals surface area contributed by atoms with Gasteiger partial charge in [0.15, 0.2) is 12.1 Å². The van der Waals surface area contributed by atoms with E-state index in [1.165, 1.54) is 7.05 Å². The van der Waals surface area contributed by atoms with Gasteiger partial charge in [0.05, 0.1) is 11.7 Å².